The Morgan fingerprint density at radius 3 is 2.67 bits per heavy atom. The van der Waals surface area contributed by atoms with Crippen molar-refractivity contribution in [2.75, 3.05) is 37.8 Å². The molecular weight excluding hydrogens is 224 g/mol. The Balaban J connectivity index is 2.27. The van der Waals surface area contributed by atoms with E-state index in [1.165, 1.54) is 0 Å². The minimum atomic E-state index is 0.537. The van der Waals surface area contributed by atoms with Crippen molar-refractivity contribution < 1.29 is 0 Å². The Morgan fingerprint density at radius 2 is 2.11 bits per heavy atom. The van der Waals surface area contributed by atoms with Crippen LogP contribution < -0.4 is 10.6 Å². The third-order valence-electron chi connectivity index (χ3n) is 3.78. The summed E-state index contributed by atoms with van der Waals surface area (Å²) in [5.74, 6) is 0.602. The van der Waals surface area contributed by atoms with Crippen LogP contribution in [0.25, 0.3) is 0 Å². The molecule has 4 nitrogen and oxygen atoms in total. The van der Waals surface area contributed by atoms with Crippen molar-refractivity contribution >= 4 is 11.4 Å². The van der Waals surface area contributed by atoms with Gasteiger partial charge in [0.15, 0.2) is 0 Å². The molecule has 2 N–H and O–H groups in total. The van der Waals surface area contributed by atoms with E-state index in [1.54, 1.807) is 6.07 Å². The Bertz CT molecular complexity index is 475. The predicted molar refractivity (Wildman–Crippen MR) is 74.4 cm³/mol. The highest BCUT2D eigenvalue weighted by Crippen LogP contribution is 2.31. The highest BCUT2D eigenvalue weighted by atomic mass is 15.2. The molecule has 0 saturated carbocycles. The predicted octanol–water partition coefficient (Wildman–Crippen LogP) is 1.53. The second-order valence-corrected chi connectivity index (χ2v) is 5.26. The molecule has 1 heterocycles. The van der Waals surface area contributed by atoms with Crippen molar-refractivity contribution in [2.45, 2.75) is 13.0 Å². The molecule has 0 spiro atoms. The van der Waals surface area contributed by atoms with Crippen LogP contribution in [0.4, 0.5) is 11.4 Å². The number of likely N-dealkylation sites (N-methyl/N-ethyl adjacent to an activating group) is 1. The van der Waals surface area contributed by atoms with Gasteiger partial charge >= 0.3 is 0 Å². The SMILES string of the molecule is CC1CN(c2cccc(C#N)c2N)CC1N(C)C. The van der Waals surface area contributed by atoms with Gasteiger partial charge in [0.1, 0.15) is 6.07 Å². The van der Waals surface area contributed by atoms with E-state index >= 15 is 0 Å². The maximum atomic E-state index is 9.02. The second kappa shape index (κ2) is 4.87. The van der Waals surface area contributed by atoms with Gasteiger partial charge in [-0.15, -0.1) is 0 Å². The molecule has 2 atom stereocenters. The Kier molecular flexibility index (Phi) is 3.44. The number of nitrogens with zero attached hydrogens (tertiary/aromatic N) is 3. The van der Waals surface area contributed by atoms with Gasteiger partial charge in [-0.05, 0) is 32.1 Å². The minimum absolute atomic E-state index is 0.537. The van der Waals surface area contributed by atoms with Crippen molar-refractivity contribution in [2.24, 2.45) is 5.92 Å². The number of rotatable bonds is 2. The summed E-state index contributed by atoms with van der Waals surface area (Å²) in [4.78, 5) is 4.54. The van der Waals surface area contributed by atoms with Crippen LogP contribution in [0.3, 0.4) is 0 Å². The molecule has 0 aromatic heterocycles. The van der Waals surface area contributed by atoms with Gasteiger partial charge in [-0.2, -0.15) is 5.26 Å². The van der Waals surface area contributed by atoms with Gasteiger partial charge in [-0.25, -0.2) is 0 Å². The monoisotopic (exact) mass is 244 g/mol. The highest BCUT2D eigenvalue weighted by molar-refractivity contribution is 5.74. The third-order valence-corrected chi connectivity index (χ3v) is 3.78. The van der Waals surface area contributed by atoms with Crippen LogP contribution in [0.15, 0.2) is 18.2 Å². The summed E-state index contributed by atoms with van der Waals surface area (Å²) in [5, 5.41) is 9.02. The topological polar surface area (TPSA) is 56.3 Å². The first-order valence-corrected chi connectivity index (χ1v) is 6.24. The molecule has 1 aromatic carbocycles. The number of nitrogen functional groups attached to an aromatic ring is 1. The van der Waals surface area contributed by atoms with Gasteiger partial charge in [0.25, 0.3) is 0 Å². The summed E-state index contributed by atoms with van der Waals surface area (Å²) in [6, 6.07) is 8.35. The maximum absolute atomic E-state index is 9.02. The van der Waals surface area contributed by atoms with Crippen molar-refractivity contribution in [1.82, 2.24) is 4.90 Å². The van der Waals surface area contributed by atoms with Crippen LogP contribution in [-0.4, -0.2) is 38.1 Å². The van der Waals surface area contributed by atoms with Gasteiger partial charge < -0.3 is 15.5 Å². The molecule has 1 aliphatic heterocycles. The van der Waals surface area contributed by atoms with Gasteiger partial charge in [-0.3, -0.25) is 0 Å². The fourth-order valence-corrected chi connectivity index (χ4v) is 2.74. The average Bonchev–Trinajstić information content (AvgIpc) is 2.71. The minimum Gasteiger partial charge on any atom is -0.396 e. The van der Waals surface area contributed by atoms with E-state index in [2.05, 4.69) is 36.9 Å². The fourth-order valence-electron chi connectivity index (χ4n) is 2.74. The summed E-state index contributed by atoms with van der Waals surface area (Å²) < 4.78 is 0. The molecule has 1 aromatic rings. The van der Waals surface area contributed by atoms with Crippen molar-refractivity contribution in [1.29, 1.82) is 5.26 Å². The third kappa shape index (κ3) is 2.14. The van der Waals surface area contributed by atoms with Crippen LogP contribution in [0, 0.1) is 17.2 Å². The Hall–Kier alpha value is -1.73. The molecular formula is C14H20N4. The molecule has 96 valence electrons. The van der Waals surface area contributed by atoms with E-state index in [0.29, 0.717) is 23.2 Å². The molecule has 18 heavy (non-hydrogen) atoms. The average molecular weight is 244 g/mol. The number of anilines is 2. The molecule has 1 fully saturated rings. The van der Waals surface area contributed by atoms with Gasteiger partial charge in [0.05, 0.1) is 16.9 Å². The standard InChI is InChI=1S/C14H20N4/c1-10-8-18(9-13(10)17(2)3)12-6-4-5-11(7-15)14(12)16/h4-6,10,13H,8-9,16H2,1-3H3. The smallest absolute Gasteiger partial charge is 0.101 e. The van der Waals surface area contributed by atoms with Crippen LogP contribution in [0.1, 0.15) is 12.5 Å². The summed E-state index contributed by atoms with van der Waals surface area (Å²) in [5.41, 5.74) is 8.22. The largest absolute Gasteiger partial charge is 0.396 e. The summed E-state index contributed by atoms with van der Waals surface area (Å²) in [6.45, 7) is 4.21. The molecule has 0 amide bonds. The lowest BCUT2D eigenvalue weighted by molar-refractivity contribution is 0.266. The number of benzene rings is 1. The lowest BCUT2D eigenvalue weighted by atomic mass is 10.1. The molecule has 1 aliphatic rings. The van der Waals surface area contributed by atoms with Crippen LogP contribution in [-0.2, 0) is 0 Å². The van der Waals surface area contributed by atoms with E-state index in [0.717, 1.165) is 18.8 Å². The van der Waals surface area contributed by atoms with Gasteiger partial charge in [-0.1, -0.05) is 13.0 Å². The van der Waals surface area contributed by atoms with Crippen molar-refractivity contribution in [3.05, 3.63) is 23.8 Å². The van der Waals surface area contributed by atoms with E-state index in [-0.39, 0.29) is 0 Å². The summed E-state index contributed by atoms with van der Waals surface area (Å²) in [7, 11) is 4.22. The summed E-state index contributed by atoms with van der Waals surface area (Å²) in [6.07, 6.45) is 0. The molecule has 2 rings (SSSR count). The highest BCUT2D eigenvalue weighted by Gasteiger charge is 2.31. The number of para-hydroxylation sites is 1. The van der Waals surface area contributed by atoms with E-state index in [1.807, 2.05) is 12.1 Å². The fraction of sp³-hybridized carbons (Fsp3) is 0.500. The van der Waals surface area contributed by atoms with Crippen LogP contribution >= 0.6 is 0 Å². The van der Waals surface area contributed by atoms with Crippen LogP contribution in [0.2, 0.25) is 0 Å². The van der Waals surface area contributed by atoms with E-state index in [4.69, 9.17) is 11.0 Å². The zero-order valence-corrected chi connectivity index (χ0v) is 11.2. The van der Waals surface area contributed by atoms with Crippen molar-refractivity contribution in [3.63, 3.8) is 0 Å². The molecule has 1 saturated heterocycles. The first-order chi connectivity index (χ1) is 8.54. The maximum Gasteiger partial charge on any atom is 0.101 e. The number of hydrogen-bond acceptors (Lipinski definition) is 4. The van der Waals surface area contributed by atoms with E-state index < -0.39 is 0 Å². The quantitative estimate of drug-likeness (QED) is 0.802. The first-order valence-electron chi connectivity index (χ1n) is 6.24. The lowest BCUT2D eigenvalue weighted by Crippen LogP contribution is -2.34. The second-order valence-electron chi connectivity index (χ2n) is 5.26. The zero-order chi connectivity index (χ0) is 13.3. The van der Waals surface area contributed by atoms with Crippen LogP contribution in [0.5, 0.6) is 0 Å². The number of nitriles is 1. The Morgan fingerprint density at radius 1 is 1.39 bits per heavy atom. The molecule has 0 aliphatic carbocycles. The molecule has 2 unspecified atom stereocenters. The normalized spacial score (nSPS) is 23.4. The molecule has 4 heteroatoms. The summed E-state index contributed by atoms with van der Waals surface area (Å²) >= 11 is 0. The Labute approximate surface area is 109 Å². The lowest BCUT2D eigenvalue weighted by Gasteiger charge is -2.23. The first kappa shape index (κ1) is 12.7. The van der Waals surface area contributed by atoms with E-state index in [9.17, 15) is 0 Å². The number of hydrogen-bond donors (Lipinski definition) is 1. The van der Waals surface area contributed by atoms with Crippen molar-refractivity contribution in [3.8, 4) is 6.07 Å². The van der Waals surface area contributed by atoms with Gasteiger partial charge in [0.2, 0.25) is 0 Å². The molecule has 0 radical (unpaired) electrons. The number of nitrogens with two attached hydrogens (primary N) is 1. The molecule has 0 bridgehead atoms. The van der Waals surface area contributed by atoms with Gasteiger partial charge in [0, 0.05) is 19.1 Å². The zero-order valence-electron chi connectivity index (χ0n) is 11.2.